The quantitative estimate of drug-likeness (QED) is 0.916. The number of anilines is 2. The first-order valence-corrected chi connectivity index (χ1v) is 7.03. The van der Waals surface area contributed by atoms with Gasteiger partial charge in [0.05, 0.1) is 17.3 Å². The summed E-state index contributed by atoms with van der Waals surface area (Å²) in [4.78, 5) is 14.1. The van der Waals surface area contributed by atoms with E-state index in [1.165, 1.54) is 12.1 Å². The van der Waals surface area contributed by atoms with Crippen LogP contribution in [-0.2, 0) is 11.3 Å². The maximum atomic E-state index is 13.4. The molecule has 2 aromatic carbocycles. The van der Waals surface area contributed by atoms with Crippen molar-refractivity contribution in [2.24, 2.45) is 5.92 Å². The van der Waals surface area contributed by atoms with Gasteiger partial charge in [0.15, 0.2) is 0 Å². The van der Waals surface area contributed by atoms with Crippen molar-refractivity contribution >= 4 is 17.3 Å². The Kier molecular flexibility index (Phi) is 3.60. The SMILES string of the molecule is C[C@@H]1CN(Cc2cccc(F)c2)c2ccccc2NC1=O. The first-order chi connectivity index (χ1) is 10.1. The maximum Gasteiger partial charge on any atom is 0.229 e. The highest BCUT2D eigenvalue weighted by atomic mass is 19.1. The van der Waals surface area contributed by atoms with Crippen LogP contribution in [0.1, 0.15) is 12.5 Å². The number of hydrogen-bond donors (Lipinski definition) is 1. The van der Waals surface area contributed by atoms with Crippen LogP contribution >= 0.6 is 0 Å². The summed E-state index contributed by atoms with van der Waals surface area (Å²) < 4.78 is 13.4. The molecule has 0 spiro atoms. The molecule has 0 fully saturated rings. The van der Waals surface area contributed by atoms with Gasteiger partial charge >= 0.3 is 0 Å². The second-order valence-electron chi connectivity index (χ2n) is 5.42. The number of rotatable bonds is 2. The third kappa shape index (κ3) is 2.89. The monoisotopic (exact) mass is 284 g/mol. The zero-order valence-corrected chi connectivity index (χ0v) is 11.8. The number of nitrogens with zero attached hydrogens (tertiary/aromatic N) is 1. The van der Waals surface area contributed by atoms with Gasteiger partial charge in [-0.15, -0.1) is 0 Å². The van der Waals surface area contributed by atoms with E-state index in [4.69, 9.17) is 0 Å². The van der Waals surface area contributed by atoms with Crippen molar-refractivity contribution in [3.63, 3.8) is 0 Å². The Morgan fingerprint density at radius 3 is 2.86 bits per heavy atom. The number of hydrogen-bond acceptors (Lipinski definition) is 2. The lowest BCUT2D eigenvalue weighted by Gasteiger charge is -2.25. The Balaban J connectivity index is 1.94. The molecule has 2 aromatic rings. The summed E-state index contributed by atoms with van der Waals surface area (Å²) in [6, 6.07) is 14.3. The van der Waals surface area contributed by atoms with E-state index in [1.54, 1.807) is 6.07 Å². The lowest BCUT2D eigenvalue weighted by molar-refractivity contribution is -0.119. The minimum absolute atomic E-state index is 0.0178. The third-order valence-electron chi connectivity index (χ3n) is 3.71. The van der Waals surface area contributed by atoms with Gasteiger partial charge < -0.3 is 10.2 Å². The Hall–Kier alpha value is -2.36. The van der Waals surface area contributed by atoms with Crippen LogP contribution in [0.4, 0.5) is 15.8 Å². The molecule has 3 nitrogen and oxygen atoms in total. The summed E-state index contributed by atoms with van der Waals surface area (Å²) in [6.45, 7) is 3.09. The van der Waals surface area contributed by atoms with E-state index < -0.39 is 0 Å². The van der Waals surface area contributed by atoms with Crippen molar-refractivity contribution in [1.29, 1.82) is 0 Å². The van der Waals surface area contributed by atoms with Crippen LogP contribution < -0.4 is 10.2 Å². The molecule has 1 aliphatic rings. The number of benzene rings is 2. The number of para-hydroxylation sites is 2. The Labute approximate surface area is 123 Å². The lowest BCUT2D eigenvalue weighted by Crippen LogP contribution is -2.30. The highest BCUT2D eigenvalue weighted by Gasteiger charge is 2.24. The van der Waals surface area contributed by atoms with Gasteiger partial charge in [-0.1, -0.05) is 31.2 Å². The minimum Gasteiger partial charge on any atom is -0.365 e. The Morgan fingerprint density at radius 2 is 2.05 bits per heavy atom. The summed E-state index contributed by atoms with van der Waals surface area (Å²) in [5.41, 5.74) is 2.68. The van der Waals surface area contributed by atoms with E-state index in [2.05, 4.69) is 10.2 Å². The largest absolute Gasteiger partial charge is 0.365 e. The molecule has 1 atom stereocenters. The van der Waals surface area contributed by atoms with Gasteiger partial charge in [0.1, 0.15) is 5.82 Å². The first kappa shape index (κ1) is 13.6. The van der Waals surface area contributed by atoms with Gasteiger partial charge in [-0.3, -0.25) is 4.79 Å². The van der Waals surface area contributed by atoms with Gasteiger partial charge in [0.2, 0.25) is 5.91 Å². The fraction of sp³-hybridized carbons (Fsp3) is 0.235. The molecule has 0 saturated carbocycles. The van der Waals surface area contributed by atoms with Gasteiger partial charge in [0.25, 0.3) is 0 Å². The van der Waals surface area contributed by atoms with Crippen molar-refractivity contribution < 1.29 is 9.18 Å². The van der Waals surface area contributed by atoms with Crippen LogP contribution in [0.25, 0.3) is 0 Å². The molecule has 1 N–H and O–H groups in total. The molecule has 3 rings (SSSR count). The molecule has 0 radical (unpaired) electrons. The smallest absolute Gasteiger partial charge is 0.229 e. The summed E-state index contributed by atoms with van der Waals surface area (Å²) in [7, 11) is 0. The summed E-state index contributed by atoms with van der Waals surface area (Å²) in [5, 5.41) is 2.94. The standard InChI is InChI=1S/C17H17FN2O/c1-12-10-20(11-13-5-4-6-14(18)9-13)16-8-3-2-7-15(16)19-17(12)21/h2-9,12H,10-11H2,1H3,(H,19,21)/t12-/m1/s1. The molecule has 0 aliphatic carbocycles. The van der Waals surface area contributed by atoms with E-state index in [9.17, 15) is 9.18 Å². The highest BCUT2D eigenvalue weighted by molar-refractivity contribution is 5.97. The molecule has 1 heterocycles. The zero-order valence-electron chi connectivity index (χ0n) is 11.8. The lowest BCUT2D eigenvalue weighted by atomic mass is 10.1. The van der Waals surface area contributed by atoms with Crippen LogP contribution in [0.15, 0.2) is 48.5 Å². The molecule has 21 heavy (non-hydrogen) atoms. The molecular weight excluding hydrogens is 267 g/mol. The van der Waals surface area contributed by atoms with E-state index in [0.29, 0.717) is 13.1 Å². The fourth-order valence-electron chi connectivity index (χ4n) is 2.63. The predicted octanol–water partition coefficient (Wildman–Crippen LogP) is 3.42. The van der Waals surface area contributed by atoms with Gasteiger partial charge in [-0.2, -0.15) is 0 Å². The topological polar surface area (TPSA) is 32.3 Å². The molecule has 0 saturated heterocycles. The van der Waals surface area contributed by atoms with E-state index in [0.717, 1.165) is 16.9 Å². The second-order valence-corrected chi connectivity index (χ2v) is 5.42. The first-order valence-electron chi connectivity index (χ1n) is 7.03. The van der Waals surface area contributed by atoms with E-state index in [1.807, 2.05) is 37.3 Å². The van der Waals surface area contributed by atoms with Crippen molar-refractivity contribution in [2.45, 2.75) is 13.5 Å². The van der Waals surface area contributed by atoms with Gasteiger partial charge in [0, 0.05) is 13.1 Å². The molecule has 0 unspecified atom stereocenters. The molecule has 1 aliphatic heterocycles. The number of nitrogens with one attached hydrogen (secondary N) is 1. The number of amides is 1. The van der Waals surface area contributed by atoms with Crippen LogP contribution in [-0.4, -0.2) is 12.5 Å². The minimum atomic E-state index is -0.238. The zero-order chi connectivity index (χ0) is 14.8. The summed E-state index contributed by atoms with van der Waals surface area (Å²) in [5.74, 6) is -0.340. The normalized spacial score (nSPS) is 17.9. The molecule has 4 heteroatoms. The van der Waals surface area contributed by atoms with Gasteiger partial charge in [-0.05, 0) is 29.8 Å². The number of fused-ring (bicyclic) bond motifs is 1. The Morgan fingerprint density at radius 1 is 1.24 bits per heavy atom. The van der Waals surface area contributed by atoms with E-state index >= 15 is 0 Å². The molecule has 0 aromatic heterocycles. The van der Waals surface area contributed by atoms with Crippen LogP contribution in [0.2, 0.25) is 0 Å². The highest BCUT2D eigenvalue weighted by Crippen LogP contribution is 2.30. The average molecular weight is 284 g/mol. The van der Waals surface area contributed by atoms with Crippen LogP contribution in [0.3, 0.4) is 0 Å². The number of carbonyl (C=O) groups is 1. The number of halogens is 1. The molecular formula is C17H17FN2O. The van der Waals surface area contributed by atoms with E-state index in [-0.39, 0.29) is 17.6 Å². The predicted molar refractivity (Wildman–Crippen MR) is 81.7 cm³/mol. The number of carbonyl (C=O) groups excluding carboxylic acids is 1. The second kappa shape index (κ2) is 5.56. The maximum absolute atomic E-state index is 13.4. The fourth-order valence-corrected chi connectivity index (χ4v) is 2.63. The van der Waals surface area contributed by atoms with Crippen molar-refractivity contribution in [3.8, 4) is 0 Å². The van der Waals surface area contributed by atoms with Gasteiger partial charge in [-0.25, -0.2) is 4.39 Å². The third-order valence-corrected chi connectivity index (χ3v) is 3.71. The Bertz CT molecular complexity index is 671. The summed E-state index contributed by atoms with van der Waals surface area (Å²) in [6.07, 6.45) is 0. The molecule has 108 valence electrons. The van der Waals surface area contributed by atoms with Crippen molar-refractivity contribution in [3.05, 3.63) is 59.9 Å². The summed E-state index contributed by atoms with van der Waals surface area (Å²) >= 11 is 0. The molecule has 1 amide bonds. The van der Waals surface area contributed by atoms with Crippen molar-refractivity contribution in [1.82, 2.24) is 0 Å². The van der Waals surface area contributed by atoms with Crippen molar-refractivity contribution in [2.75, 3.05) is 16.8 Å². The average Bonchev–Trinajstić information content (AvgIpc) is 2.57. The van der Waals surface area contributed by atoms with Crippen LogP contribution in [0, 0.1) is 11.7 Å². The van der Waals surface area contributed by atoms with Crippen LogP contribution in [0.5, 0.6) is 0 Å². The molecule has 0 bridgehead atoms.